The smallest absolute Gasteiger partial charge is 0.387 e. The van der Waals surface area contributed by atoms with Gasteiger partial charge in [0.15, 0.2) is 11.5 Å². The molecule has 3 rings (SSSR count). The largest absolute Gasteiger partial charge is 0.493 e. The molecule has 1 aliphatic rings. The molecule has 0 N–H and O–H groups in total. The number of anilines is 1. The Morgan fingerprint density at radius 2 is 1.69 bits per heavy atom. The van der Waals surface area contributed by atoms with E-state index in [0.29, 0.717) is 11.1 Å². The summed E-state index contributed by atoms with van der Waals surface area (Å²) in [7, 11) is 4.38. The number of carbonyl (C=O) groups is 1. The van der Waals surface area contributed by atoms with Gasteiger partial charge in [-0.2, -0.15) is 8.78 Å². The molecule has 0 atom stereocenters. The summed E-state index contributed by atoms with van der Waals surface area (Å²) < 4.78 is 40.1. The molecule has 1 aliphatic heterocycles. The van der Waals surface area contributed by atoms with Crippen LogP contribution in [0.25, 0.3) is 11.6 Å². The first-order valence-electron chi connectivity index (χ1n) is 7.76. The number of ether oxygens (including phenoxy) is 3. The average molecular weight is 361 g/mol. The number of para-hydroxylation sites is 1. The molecule has 0 aliphatic carbocycles. The minimum Gasteiger partial charge on any atom is -0.493 e. The molecule has 1 amide bonds. The van der Waals surface area contributed by atoms with Crippen molar-refractivity contribution in [3.8, 4) is 17.2 Å². The quantitative estimate of drug-likeness (QED) is 0.760. The number of alkyl halides is 2. The summed E-state index contributed by atoms with van der Waals surface area (Å²) in [6, 6.07) is 10.4. The van der Waals surface area contributed by atoms with Crippen LogP contribution in [0.2, 0.25) is 0 Å². The molecule has 0 radical (unpaired) electrons. The highest BCUT2D eigenvalue weighted by Crippen LogP contribution is 2.42. The maximum Gasteiger partial charge on any atom is 0.387 e. The number of halogens is 2. The molecule has 136 valence electrons. The summed E-state index contributed by atoms with van der Waals surface area (Å²) in [4.78, 5) is 14.1. The number of carbonyl (C=O) groups excluding carboxylic acids is 1. The topological polar surface area (TPSA) is 48.0 Å². The molecule has 26 heavy (non-hydrogen) atoms. The molecule has 2 aromatic carbocycles. The lowest BCUT2D eigenvalue weighted by Crippen LogP contribution is -2.20. The zero-order valence-electron chi connectivity index (χ0n) is 14.5. The number of benzene rings is 2. The van der Waals surface area contributed by atoms with Gasteiger partial charge in [-0.05, 0) is 29.8 Å². The highest BCUT2D eigenvalue weighted by atomic mass is 19.3. The van der Waals surface area contributed by atoms with Crippen molar-refractivity contribution in [2.75, 3.05) is 26.2 Å². The Morgan fingerprint density at radius 1 is 1.08 bits per heavy atom. The van der Waals surface area contributed by atoms with E-state index in [4.69, 9.17) is 9.47 Å². The van der Waals surface area contributed by atoms with Crippen LogP contribution in [0.3, 0.4) is 0 Å². The minimum atomic E-state index is -3.01. The molecule has 0 saturated heterocycles. The summed E-state index contributed by atoms with van der Waals surface area (Å²) in [5.74, 6) is -0.174. The van der Waals surface area contributed by atoms with Crippen LogP contribution in [0.5, 0.6) is 17.2 Å². The predicted molar refractivity (Wildman–Crippen MR) is 93.9 cm³/mol. The van der Waals surface area contributed by atoms with Crippen molar-refractivity contribution in [2.24, 2.45) is 0 Å². The van der Waals surface area contributed by atoms with Crippen molar-refractivity contribution in [3.05, 3.63) is 47.5 Å². The van der Waals surface area contributed by atoms with Gasteiger partial charge >= 0.3 is 6.61 Å². The molecular formula is C19H17F2NO4. The summed E-state index contributed by atoms with van der Waals surface area (Å²) in [5.41, 5.74) is 2.66. The van der Waals surface area contributed by atoms with Crippen LogP contribution in [0, 0.1) is 0 Å². The van der Waals surface area contributed by atoms with Crippen LogP contribution < -0.4 is 19.1 Å². The van der Waals surface area contributed by atoms with Gasteiger partial charge in [0.05, 0.1) is 19.9 Å². The molecule has 7 heteroatoms. The van der Waals surface area contributed by atoms with Gasteiger partial charge in [-0.15, -0.1) is 0 Å². The van der Waals surface area contributed by atoms with E-state index in [0.717, 1.165) is 11.3 Å². The summed E-state index contributed by atoms with van der Waals surface area (Å²) >= 11 is 0. The van der Waals surface area contributed by atoms with Crippen molar-refractivity contribution >= 4 is 23.2 Å². The lowest BCUT2D eigenvalue weighted by atomic mass is 10.0. The van der Waals surface area contributed by atoms with Gasteiger partial charge in [-0.1, -0.05) is 18.2 Å². The van der Waals surface area contributed by atoms with Gasteiger partial charge in [-0.25, -0.2) is 0 Å². The van der Waals surface area contributed by atoms with Crippen molar-refractivity contribution in [1.82, 2.24) is 0 Å². The first-order valence-corrected chi connectivity index (χ1v) is 7.76. The van der Waals surface area contributed by atoms with E-state index in [2.05, 4.69) is 4.74 Å². The van der Waals surface area contributed by atoms with Gasteiger partial charge in [0, 0.05) is 18.2 Å². The molecule has 0 spiro atoms. The highest BCUT2D eigenvalue weighted by molar-refractivity contribution is 6.35. The Labute approximate surface area is 149 Å². The molecular weight excluding hydrogens is 344 g/mol. The zero-order chi connectivity index (χ0) is 18.8. The SMILES string of the molecule is COc1cc(/C=C2/C(=O)N(C)c3ccccc32)cc(OC)c1OC(F)F. The van der Waals surface area contributed by atoms with Gasteiger partial charge in [0.1, 0.15) is 0 Å². The predicted octanol–water partition coefficient (Wildman–Crippen LogP) is 3.82. The van der Waals surface area contributed by atoms with Crippen LogP contribution in [0.15, 0.2) is 36.4 Å². The lowest BCUT2D eigenvalue weighted by Gasteiger charge is -2.14. The van der Waals surface area contributed by atoms with E-state index < -0.39 is 6.61 Å². The van der Waals surface area contributed by atoms with Crippen LogP contribution in [0.4, 0.5) is 14.5 Å². The fourth-order valence-electron chi connectivity index (χ4n) is 2.89. The van der Waals surface area contributed by atoms with Gasteiger partial charge in [-0.3, -0.25) is 4.79 Å². The fourth-order valence-corrected chi connectivity index (χ4v) is 2.89. The monoisotopic (exact) mass is 361 g/mol. The standard InChI is InChI=1S/C19H17F2NO4/c1-22-14-7-5-4-6-12(14)13(18(22)23)8-11-9-15(24-2)17(26-19(20)21)16(10-11)25-3/h4-10,19H,1-3H3/b13-8+. The number of hydrogen-bond donors (Lipinski definition) is 0. The van der Waals surface area contributed by atoms with Crippen molar-refractivity contribution in [3.63, 3.8) is 0 Å². The van der Waals surface area contributed by atoms with Crippen molar-refractivity contribution in [1.29, 1.82) is 0 Å². The Hall–Kier alpha value is -3.09. The second kappa shape index (κ2) is 7.03. The Kier molecular flexibility index (Phi) is 4.79. The van der Waals surface area contributed by atoms with Crippen LogP contribution >= 0.6 is 0 Å². The number of amides is 1. The third-order valence-electron chi connectivity index (χ3n) is 4.09. The van der Waals surface area contributed by atoms with Crippen molar-refractivity contribution in [2.45, 2.75) is 6.61 Å². The summed E-state index contributed by atoms with van der Waals surface area (Å²) in [6.45, 7) is -3.01. The first kappa shape index (κ1) is 17.7. The number of fused-ring (bicyclic) bond motifs is 1. The number of hydrogen-bond acceptors (Lipinski definition) is 4. The number of rotatable bonds is 5. The molecule has 0 unspecified atom stereocenters. The van der Waals surface area contributed by atoms with E-state index in [9.17, 15) is 13.6 Å². The van der Waals surface area contributed by atoms with Crippen LogP contribution in [-0.2, 0) is 4.79 Å². The van der Waals surface area contributed by atoms with Crippen LogP contribution in [-0.4, -0.2) is 33.8 Å². The average Bonchev–Trinajstić information content (AvgIpc) is 2.87. The molecule has 0 saturated carbocycles. The van der Waals surface area contributed by atoms with E-state index in [1.807, 2.05) is 24.3 Å². The molecule has 1 heterocycles. The minimum absolute atomic E-state index is 0.0867. The van der Waals surface area contributed by atoms with Gasteiger partial charge < -0.3 is 19.1 Å². The number of likely N-dealkylation sites (N-methyl/N-ethyl adjacent to an activating group) is 1. The fraction of sp³-hybridized carbons (Fsp3) is 0.211. The van der Waals surface area contributed by atoms with E-state index in [-0.39, 0.29) is 23.2 Å². The molecule has 2 aromatic rings. The molecule has 0 aromatic heterocycles. The Morgan fingerprint density at radius 3 is 2.27 bits per heavy atom. The van der Waals surface area contributed by atoms with E-state index in [1.165, 1.54) is 26.4 Å². The number of nitrogens with zero attached hydrogens (tertiary/aromatic N) is 1. The lowest BCUT2D eigenvalue weighted by molar-refractivity contribution is -0.112. The maximum atomic E-state index is 12.6. The normalized spacial score (nSPS) is 14.8. The summed E-state index contributed by atoms with van der Waals surface area (Å²) in [5, 5.41) is 0. The third kappa shape index (κ3) is 3.08. The summed E-state index contributed by atoms with van der Waals surface area (Å²) in [6.07, 6.45) is 1.67. The zero-order valence-corrected chi connectivity index (χ0v) is 14.5. The highest BCUT2D eigenvalue weighted by Gasteiger charge is 2.29. The van der Waals surface area contributed by atoms with E-state index >= 15 is 0 Å². The van der Waals surface area contributed by atoms with Crippen LogP contribution in [0.1, 0.15) is 11.1 Å². The second-order valence-corrected chi connectivity index (χ2v) is 5.57. The molecule has 5 nitrogen and oxygen atoms in total. The first-order chi connectivity index (χ1) is 12.5. The van der Waals surface area contributed by atoms with E-state index in [1.54, 1.807) is 18.0 Å². The maximum absolute atomic E-state index is 12.6. The van der Waals surface area contributed by atoms with Gasteiger partial charge in [0.25, 0.3) is 5.91 Å². The molecule has 0 bridgehead atoms. The van der Waals surface area contributed by atoms with Gasteiger partial charge in [0.2, 0.25) is 5.75 Å². The Bertz CT molecular complexity index is 855. The Balaban J connectivity index is 2.11. The number of methoxy groups -OCH3 is 2. The second-order valence-electron chi connectivity index (χ2n) is 5.57. The van der Waals surface area contributed by atoms with Crippen molar-refractivity contribution < 1.29 is 27.8 Å². The third-order valence-corrected chi connectivity index (χ3v) is 4.09. The molecule has 0 fully saturated rings.